The van der Waals surface area contributed by atoms with Crippen LogP contribution < -0.4 is 4.74 Å². The van der Waals surface area contributed by atoms with Crippen molar-refractivity contribution >= 4 is 23.1 Å². The third-order valence-electron chi connectivity index (χ3n) is 3.43. The van der Waals surface area contributed by atoms with E-state index in [4.69, 9.17) is 16.3 Å². The number of aliphatic hydroxyl groups is 1. The van der Waals surface area contributed by atoms with Crippen molar-refractivity contribution in [3.63, 3.8) is 0 Å². The summed E-state index contributed by atoms with van der Waals surface area (Å²) in [6.07, 6.45) is 0. The van der Waals surface area contributed by atoms with Gasteiger partial charge in [0, 0.05) is 17.6 Å². The normalized spacial score (nSPS) is 13.1. The maximum Gasteiger partial charge on any atom is 0.258 e. The number of likely N-dealkylation sites (N-methyl/N-ethyl adjacent to an activating group) is 1. The fourth-order valence-electron chi connectivity index (χ4n) is 2.35. The molecule has 0 saturated carbocycles. The molecule has 0 bridgehead atoms. The van der Waals surface area contributed by atoms with Gasteiger partial charge in [-0.25, -0.2) is 0 Å². The molecule has 2 aromatic carbocycles. The number of benzene rings is 2. The number of ether oxygens (including phenoxy) is 1. The van der Waals surface area contributed by atoms with E-state index < -0.39 is 0 Å². The van der Waals surface area contributed by atoms with Gasteiger partial charge in [-0.1, -0.05) is 51.1 Å². The summed E-state index contributed by atoms with van der Waals surface area (Å²) < 4.78 is 5.83. The summed E-state index contributed by atoms with van der Waals surface area (Å²) in [6, 6.07) is 14.1. The van der Waals surface area contributed by atoms with E-state index >= 15 is 0 Å². The van der Waals surface area contributed by atoms with E-state index in [9.17, 15) is 9.90 Å². The first kappa shape index (κ1) is 20.6. The number of nitrogens with zero attached hydrogens (tertiary/aromatic N) is 1. The first-order chi connectivity index (χ1) is 11.6. The highest BCUT2D eigenvalue weighted by molar-refractivity contribution is 6.30. The van der Waals surface area contributed by atoms with Crippen molar-refractivity contribution in [1.82, 2.24) is 4.90 Å². The van der Waals surface area contributed by atoms with Gasteiger partial charge in [0.1, 0.15) is 17.3 Å². The molecule has 1 aliphatic rings. The molecule has 1 amide bonds. The Labute approximate surface area is 154 Å². The quantitative estimate of drug-likeness (QED) is 0.781. The van der Waals surface area contributed by atoms with Crippen LogP contribution in [0.1, 0.15) is 26.8 Å². The van der Waals surface area contributed by atoms with Gasteiger partial charge < -0.3 is 14.7 Å². The van der Waals surface area contributed by atoms with E-state index in [1.54, 1.807) is 49.5 Å². The second-order valence-corrected chi connectivity index (χ2v) is 5.47. The summed E-state index contributed by atoms with van der Waals surface area (Å²) in [6.45, 7) is 4.21. The minimum atomic E-state index is -0.218. The van der Waals surface area contributed by atoms with Gasteiger partial charge in [-0.15, -0.1) is 0 Å². The molecule has 0 fully saturated rings. The lowest BCUT2D eigenvalue weighted by Gasteiger charge is -2.12. The smallest absolute Gasteiger partial charge is 0.258 e. The Morgan fingerprint density at radius 3 is 2.24 bits per heavy atom. The van der Waals surface area contributed by atoms with Crippen LogP contribution in [0.2, 0.25) is 5.02 Å². The summed E-state index contributed by atoms with van der Waals surface area (Å²) in [4.78, 5) is 13.7. The predicted molar refractivity (Wildman–Crippen MR) is 103 cm³/mol. The van der Waals surface area contributed by atoms with Crippen LogP contribution in [-0.4, -0.2) is 29.5 Å². The molecule has 0 aromatic heterocycles. The Morgan fingerprint density at radius 1 is 1.08 bits per heavy atom. The van der Waals surface area contributed by atoms with Gasteiger partial charge in [0.25, 0.3) is 5.91 Å². The molecule has 2 aromatic rings. The largest absolute Gasteiger partial charge is 0.510 e. The van der Waals surface area contributed by atoms with Crippen LogP contribution >= 0.6 is 11.6 Å². The zero-order chi connectivity index (χ0) is 17.7. The standard InChI is InChI=1S/C17H14ClNO3.C2H6.CH4/c1-19-10-14(20)16(17(19)21)13-4-2-3-5-15(13)22-12-8-6-11(18)7-9-12;1-2;/h2-9,20H,10H2,1H3;1-2H3;1H4. The van der Waals surface area contributed by atoms with Crippen LogP contribution in [0.5, 0.6) is 11.5 Å². The van der Waals surface area contributed by atoms with E-state index in [1.807, 2.05) is 19.9 Å². The van der Waals surface area contributed by atoms with Gasteiger partial charge in [-0.3, -0.25) is 4.79 Å². The van der Waals surface area contributed by atoms with Gasteiger partial charge in [0.05, 0.1) is 12.1 Å². The highest BCUT2D eigenvalue weighted by Gasteiger charge is 2.30. The average Bonchev–Trinajstić information content (AvgIpc) is 2.85. The lowest BCUT2D eigenvalue weighted by atomic mass is 10.0. The fraction of sp³-hybridized carbons (Fsp3) is 0.250. The Morgan fingerprint density at radius 2 is 1.68 bits per heavy atom. The molecule has 0 aliphatic carbocycles. The van der Waals surface area contributed by atoms with Crippen molar-refractivity contribution < 1.29 is 14.6 Å². The van der Waals surface area contributed by atoms with E-state index in [0.29, 0.717) is 22.1 Å². The monoisotopic (exact) mass is 361 g/mol. The number of halogens is 1. The highest BCUT2D eigenvalue weighted by atomic mass is 35.5. The first-order valence-corrected chi connectivity index (χ1v) is 8.14. The predicted octanol–water partition coefficient (Wildman–Crippen LogP) is 5.54. The van der Waals surface area contributed by atoms with E-state index in [2.05, 4.69) is 0 Å². The van der Waals surface area contributed by atoms with Crippen LogP contribution in [0.15, 0.2) is 54.3 Å². The third kappa shape index (κ3) is 4.54. The number of hydrogen-bond acceptors (Lipinski definition) is 3. The van der Waals surface area contributed by atoms with E-state index in [-0.39, 0.29) is 31.2 Å². The molecule has 1 N–H and O–H groups in total. The minimum Gasteiger partial charge on any atom is -0.510 e. The molecule has 1 aliphatic heterocycles. The van der Waals surface area contributed by atoms with Crippen LogP contribution in [0.3, 0.4) is 0 Å². The van der Waals surface area contributed by atoms with Gasteiger partial charge in [0.2, 0.25) is 0 Å². The van der Waals surface area contributed by atoms with Crippen LogP contribution in [0.4, 0.5) is 0 Å². The maximum atomic E-state index is 12.2. The molecular formula is C20H24ClNO3. The molecular weight excluding hydrogens is 338 g/mol. The minimum absolute atomic E-state index is 0. The van der Waals surface area contributed by atoms with Crippen molar-refractivity contribution in [1.29, 1.82) is 0 Å². The number of aliphatic hydroxyl groups excluding tert-OH is 1. The molecule has 5 heteroatoms. The molecule has 0 atom stereocenters. The molecule has 1 heterocycles. The lowest BCUT2D eigenvalue weighted by molar-refractivity contribution is -0.122. The summed E-state index contributed by atoms with van der Waals surface area (Å²) in [5.41, 5.74) is 0.858. The first-order valence-electron chi connectivity index (χ1n) is 7.76. The van der Waals surface area contributed by atoms with Crippen molar-refractivity contribution in [3.05, 3.63) is 64.9 Å². The highest BCUT2D eigenvalue weighted by Crippen LogP contribution is 2.35. The van der Waals surface area contributed by atoms with Crippen molar-refractivity contribution in [2.75, 3.05) is 13.6 Å². The fourth-order valence-corrected chi connectivity index (χ4v) is 2.48. The Kier molecular flexibility index (Phi) is 7.52. The van der Waals surface area contributed by atoms with Gasteiger partial charge in [0.15, 0.2) is 0 Å². The number of rotatable bonds is 3. The lowest BCUT2D eigenvalue weighted by Crippen LogP contribution is -2.21. The summed E-state index contributed by atoms with van der Waals surface area (Å²) in [5, 5.41) is 10.7. The molecule has 134 valence electrons. The number of amides is 1. The SMILES string of the molecule is C.CC.CN1CC(O)=C(c2ccccc2Oc2ccc(Cl)cc2)C1=O. The van der Waals surface area contributed by atoms with E-state index in [0.717, 1.165) is 0 Å². The van der Waals surface area contributed by atoms with Gasteiger partial charge >= 0.3 is 0 Å². The van der Waals surface area contributed by atoms with Gasteiger partial charge in [-0.2, -0.15) is 0 Å². The van der Waals surface area contributed by atoms with Crippen molar-refractivity contribution in [2.45, 2.75) is 21.3 Å². The number of hydrogen-bond donors (Lipinski definition) is 1. The molecule has 25 heavy (non-hydrogen) atoms. The molecule has 0 spiro atoms. The summed E-state index contributed by atoms with van der Waals surface area (Å²) in [5.74, 6) is 0.954. The number of carbonyl (C=O) groups is 1. The topological polar surface area (TPSA) is 49.8 Å². The van der Waals surface area contributed by atoms with Crippen LogP contribution in [0, 0.1) is 0 Å². The molecule has 0 unspecified atom stereocenters. The second kappa shape index (κ2) is 9.14. The Bertz CT molecular complexity index is 754. The van der Waals surface area contributed by atoms with Crippen LogP contribution in [0.25, 0.3) is 5.57 Å². The van der Waals surface area contributed by atoms with Crippen molar-refractivity contribution in [2.24, 2.45) is 0 Å². The number of carbonyl (C=O) groups excluding carboxylic acids is 1. The van der Waals surface area contributed by atoms with Crippen molar-refractivity contribution in [3.8, 4) is 11.5 Å². The van der Waals surface area contributed by atoms with Gasteiger partial charge in [-0.05, 0) is 30.3 Å². The zero-order valence-corrected chi connectivity index (χ0v) is 14.7. The molecule has 3 rings (SSSR count). The second-order valence-electron chi connectivity index (χ2n) is 5.04. The summed E-state index contributed by atoms with van der Waals surface area (Å²) >= 11 is 5.86. The number of para-hydroxylation sites is 1. The Hall–Kier alpha value is -2.46. The Balaban J connectivity index is 0.00000101. The maximum absolute atomic E-state index is 12.2. The third-order valence-corrected chi connectivity index (χ3v) is 3.69. The average molecular weight is 362 g/mol. The van der Waals surface area contributed by atoms with Crippen LogP contribution in [-0.2, 0) is 4.79 Å². The molecule has 0 radical (unpaired) electrons. The summed E-state index contributed by atoms with van der Waals surface area (Å²) in [7, 11) is 1.65. The molecule has 0 saturated heterocycles. The zero-order valence-electron chi connectivity index (χ0n) is 13.9. The molecule has 4 nitrogen and oxygen atoms in total. The van der Waals surface area contributed by atoms with E-state index in [1.165, 1.54) is 4.90 Å².